The zero-order valence-corrected chi connectivity index (χ0v) is 15.9. The first-order chi connectivity index (χ1) is 13.5. The maximum atomic E-state index is 13.5. The van der Waals surface area contributed by atoms with Gasteiger partial charge in [-0.2, -0.15) is 5.10 Å². The summed E-state index contributed by atoms with van der Waals surface area (Å²) in [6.07, 6.45) is -0.384. The number of H-pyrrole nitrogens is 1. The first kappa shape index (κ1) is 18.6. The first-order valence-electron chi connectivity index (χ1n) is 9.10. The zero-order valence-electron chi connectivity index (χ0n) is 15.1. The summed E-state index contributed by atoms with van der Waals surface area (Å²) in [5.74, 6) is -2.85. The van der Waals surface area contributed by atoms with Gasteiger partial charge in [0.2, 0.25) is 0 Å². The van der Waals surface area contributed by atoms with Crippen molar-refractivity contribution in [3.05, 3.63) is 59.1 Å². The third-order valence-corrected chi connectivity index (χ3v) is 5.72. The third-order valence-electron chi connectivity index (χ3n) is 4.83. The van der Waals surface area contributed by atoms with E-state index in [1.807, 2.05) is 40.6 Å². The van der Waals surface area contributed by atoms with Gasteiger partial charge in [-0.1, -0.05) is 18.2 Å². The van der Waals surface area contributed by atoms with Crippen molar-refractivity contribution >= 4 is 22.9 Å². The Labute approximate surface area is 165 Å². The normalized spacial score (nSPS) is 16.1. The summed E-state index contributed by atoms with van der Waals surface area (Å²) in [7, 11) is 0. The summed E-state index contributed by atoms with van der Waals surface area (Å²) in [5, 5.41) is 12.1. The number of carbonyl (C=O) groups is 1. The molecule has 28 heavy (non-hydrogen) atoms. The van der Waals surface area contributed by atoms with E-state index in [4.69, 9.17) is 0 Å². The Morgan fingerprint density at radius 1 is 1.21 bits per heavy atom. The molecule has 0 atom stereocenters. The number of aromatic nitrogens is 2. The first-order valence-corrected chi connectivity index (χ1v) is 9.98. The smallest absolute Gasteiger partial charge is 0.253 e. The molecule has 0 saturated carbocycles. The van der Waals surface area contributed by atoms with Crippen LogP contribution in [0.5, 0.6) is 0 Å². The van der Waals surface area contributed by atoms with Gasteiger partial charge in [0.1, 0.15) is 5.69 Å². The van der Waals surface area contributed by atoms with E-state index in [0.717, 1.165) is 16.3 Å². The number of nitrogens with one attached hydrogen (secondary N) is 2. The number of aromatic amines is 1. The number of para-hydroxylation sites is 1. The highest BCUT2D eigenvalue weighted by Gasteiger charge is 2.34. The van der Waals surface area contributed by atoms with E-state index < -0.39 is 5.92 Å². The van der Waals surface area contributed by atoms with Gasteiger partial charge >= 0.3 is 0 Å². The fourth-order valence-electron chi connectivity index (χ4n) is 3.29. The maximum absolute atomic E-state index is 13.5. The molecule has 1 aromatic carbocycles. The standard InChI is InChI=1S/C20H20F2N4OS/c21-20(22)7-9-26(10-8-20)17-5-2-1-4-15(17)19(27)23-13-14-12-16(25-24-14)18-6-3-11-28-18/h1-6,11-12H,7-10,13H2,(H,23,27)(H,24,25). The van der Waals surface area contributed by atoms with Crippen LogP contribution in [0.25, 0.3) is 10.6 Å². The number of halogens is 2. The van der Waals surface area contributed by atoms with Crippen LogP contribution in [-0.2, 0) is 6.54 Å². The molecule has 1 saturated heterocycles. The van der Waals surface area contributed by atoms with Crippen molar-refractivity contribution in [1.82, 2.24) is 15.5 Å². The Morgan fingerprint density at radius 3 is 2.75 bits per heavy atom. The second-order valence-electron chi connectivity index (χ2n) is 6.80. The van der Waals surface area contributed by atoms with Crippen LogP contribution in [-0.4, -0.2) is 35.1 Å². The molecule has 0 aliphatic carbocycles. The Hall–Kier alpha value is -2.74. The van der Waals surface area contributed by atoms with Crippen LogP contribution >= 0.6 is 11.3 Å². The second kappa shape index (κ2) is 7.71. The summed E-state index contributed by atoms with van der Waals surface area (Å²) < 4.78 is 26.9. The van der Waals surface area contributed by atoms with Crippen molar-refractivity contribution in [3.8, 4) is 10.6 Å². The quantitative estimate of drug-likeness (QED) is 0.669. The van der Waals surface area contributed by atoms with Gasteiger partial charge in [-0.25, -0.2) is 8.78 Å². The summed E-state index contributed by atoms with van der Waals surface area (Å²) in [6, 6.07) is 13.0. The van der Waals surface area contributed by atoms with Crippen molar-refractivity contribution in [1.29, 1.82) is 0 Å². The highest BCUT2D eigenvalue weighted by atomic mass is 32.1. The lowest BCUT2D eigenvalue weighted by Crippen LogP contribution is -2.40. The Kier molecular flexibility index (Phi) is 5.13. The van der Waals surface area contributed by atoms with Gasteiger partial charge in [0.25, 0.3) is 11.8 Å². The van der Waals surface area contributed by atoms with E-state index >= 15 is 0 Å². The number of hydrogen-bond acceptors (Lipinski definition) is 4. The minimum atomic E-state index is -2.62. The third kappa shape index (κ3) is 4.06. The van der Waals surface area contributed by atoms with Gasteiger partial charge in [0.15, 0.2) is 0 Å². The van der Waals surface area contributed by atoms with Gasteiger partial charge in [0.05, 0.1) is 22.7 Å². The van der Waals surface area contributed by atoms with E-state index in [0.29, 0.717) is 17.8 Å². The van der Waals surface area contributed by atoms with Crippen molar-refractivity contribution in [2.45, 2.75) is 25.3 Å². The molecule has 0 spiro atoms. The molecular formula is C20H20F2N4OS. The lowest BCUT2D eigenvalue weighted by molar-refractivity contribution is -0.0220. The van der Waals surface area contributed by atoms with Gasteiger partial charge in [-0.15, -0.1) is 11.3 Å². The fraction of sp³-hybridized carbons (Fsp3) is 0.300. The van der Waals surface area contributed by atoms with Crippen molar-refractivity contribution < 1.29 is 13.6 Å². The molecule has 0 radical (unpaired) electrons. The number of benzene rings is 1. The van der Waals surface area contributed by atoms with Gasteiger partial charge in [-0.05, 0) is 29.6 Å². The van der Waals surface area contributed by atoms with Gasteiger partial charge in [0, 0.05) is 31.6 Å². The summed E-state index contributed by atoms with van der Waals surface area (Å²) in [5.41, 5.74) is 2.82. The lowest BCUT2D eigenvalue weighted by atomic mass is 10.0. The number of anilines is 1. The molecule has 1 aliphatic rings. The predicted molar refractivity (Wildman–Crippen MR) is 106 cm³/mol. The van der Waals surface area contributed by atoms with Crippen LogP contribution in [0, 0.1) is 0 Å². The molecule has 1 fully saturated rings. The molecule has 2 aromatic heterocycles. The van der Waals surface area contributed by atoms with Crippen molar-refractivity contribution in [2.75, 3.05) is 18.0 Å². The Balaban J connectivity index is 1.43. The van der Waals surface area contributed by atoms with Crippen LogP contribution in [0.2, 0.25) is 0 Å². The molecule has 8 heteroatoms. The average molecular weight is 402 g/mol. The minimum absolute atomic E-state index is 0.192. The highest BCUT2D eigenvalue weighted by Crippen LogP contribution is 2.32. The highest BCUT2D eigenvalue weighted by molar-refractivity contribution is 7.13. The topological polar surface area (TPSA) is 61.0 Å². The number of nitrogens with zero attached hydrogens (tertiary/aromatic N) is 2. The summed E-state index contributed by atoms with van der Waals surface area (Å²) in [4.78, 5) is 15.6. The molecule has 3 aromatic rings. The van der Waals surface area contributed by atoms with Crippen LogP contribution in [0.3, 0.4) is 0 Å². The maximum Gasteiger partial charge on any atom is 0.253 e. The van der Waals surface area contributed by atoms with Crippen LogP contribution in [0.15, 0.2) is 47.8 Å². The van der Waals surface area contributed by atoms with E-state index in [1.165, 1.54) is 0 Å². The van der Waals surface area contributed by atoms with E-state index in [9.17, 15) is 13.6 Å². The SMILES string of the molecule is O=C(NCc1cc(-c2cccs2)n[nH]1)c1ccccc1N1CCC(F)(F)CC1. The molecule has 5 nitrogen and oxygen atoms in total. The summed E-state index contributed by atoms with van der Waals surface area (Å²) in [6.45, 7) is 0.785. The number of piperidine rings is 1. The molecule has 3 heterocycles. The van der Waals surface area contributed by atoms with Crippen LogP contribution < -0.4 is 10.2 Å². The molecule has 2 N–H and O–H groups in total. The fourth-order valence-corrected chi connectivity index (χ4v) is 3.98. The molecule has 0 unspecified atom stereocenters. The summed E-state index contributed by atoms with van der Waals surface area (Å²) >= 11 is 1.60. The average Bonchev–Trinajstić information content (AvgIpc) is 3.38. The molecule has 146 valence electrons. The number of rotatable bonds is 5. The monoisotopic (exact) mass is 402 g/mol. The minimum Gasteiger partial charge on any atom is -0.370 e. The molecule has 1 aliphatic heterocycles. The van der Waals surface area contributed by atoms with Crippen molar-refractivity contribution in [3.63, 3.8) is 0 Å². The lowest BCUT2D eigenvalue weighted by Gasteiger charge is -2.34. The number of hydrogen-bond donors (Lipinski definition) is 2. The molecule has 4 rings (SSSR count). The van der Waals surface area contributed by atoms with E-state index in [1.54, 1.807) is 23.5 Å². The number of carbonyl (C=O) groups excluding carboxylic acids is 1. The molecular weight excluding hydrogens is 382 g/mol. The largest absolute Gasteiger partial charge is 0.370 e. The van der Waals surface area contributed by atoms with Gasteiger partial charge in [-0.3, -0.25) is 9.89 Å². The zero-order chi connectivity index (χ0) is 19.6. The Morgan fingerprint density at radius 2 is 2.00 bits per heavy atom. The van der Waals surface area contributed by atoms with E-state index in [2.05, 4.69) is 15.5 Å². The number of amides is 1. The second-order valence-corrected chi connectivity index (χ2v) is 7.75. The van der Waals surface area contributed by atoms with Crippen molar-refractivity contribution in [2.24, 2.45) is 0 Å². The molecule has 1 amide bonds. The van der Waals surface area contributed by atoms with E-state index in [-0.39, 0.29) is 31.8 Å². The number of thiophene rings is 1. The predicted octanol–water partition coefficient (Wildman–Crippen LogP) is 4.30. The Bertz CT molecular complexity index is 945. The van der Waals surface area contributed by atoms with Gasteiger partial charge < -0.3 is 10.2 Å². The number of alkyl halides is 2. The van der Waals surface area contributed by atoms with Crippen LogP contribution in [0.1, 0.15) is 28.9 Å². The molecule has 0 bridgehead atoms. The van der Waals surface area contributed by atoms with Crippen LogP contribution in [0.4, 0.5) is 14.5 Å².